The highest BCUT2D eigenvalue weighted by molar-refractivity contribution is 5.76. The fraction of sp³-hybridized carbons (Fsp3) is 0.304. The molecule has 1 atom stereocenters. The molecule has 150 valence electrons. The van der Waals surface area contributed by atoms with Gasteiger partial charge in [0, 0.05) is 17.7 Å². The van der Waals surface area contributed by atoms with Crippen LogP contribution in [0.1, 0.15) is 42.1 Å². The fourth-order valence-corrected chi connectivity index (χ4v) is 3.83. The summed E-state index contributed by atoms with van der Waals surface area (Å²) < 4.78 is 20.2. The number of ether oxygens (including phenoxy) is 1. The summed E-state index contributed by atoms with van der Waals surface area (Å²) in [5.41, 5.74) is 4.08. The normalized spacial score (nSPS) is 15.6. The average Bonchev–Trinajstić information content (AvgIpc) is 3.18. The standard InChI is InChI=1S/C23H24FN3O2/c1-29-19-12-5-16(6-13-19)7-14-23(28)26-21-3-2-4-22-20(21)15-25-27(22)18-10-8-17(24)9-11-18/h5-6,8-13,15,21H,2-4,7,14H2,1H3,(H,26,28). The second-order valence-electron chi connectivity index (χ2n) is 7.30. The number of halogens is 1. The zero-order valence-electron chi connectivity index (χ0n) is 16.4. The summed E-state index contributed by atoms with van der Waals surface area (Å²) >= 11 is 0. The number of fused-ring (bicyclic) bond motifs is 1. The molecule has 3 aromatic rings. The number of hydrogen-bond acceptors (Lipinski definition) is 3. The largest absolute Gasteiger partial charge is 0.497 e. The van der Waals surface area contributed by atoms with Gasteiger partial charge in [-0.3, -0.25) is 4.79 Å². The Hall–Kier alpha value is -3.15. The van der Waals surface area contributed by atoms with Crippen LogP contribution in [0, 0.1) is 5.82 Å². The van der Waals surface area contributed by atoms with E-state index in [9.17, 15) is 9.18 Å². The first kappa shape index (κ1) is 19.2. The number of carbonyl (C=O) groups excluding carboxylic acids is 1. The van der Waals surface area contributed by atoms with E-state index in [1.165, 1.54) is 12.1 Å². The maximum atomic E-state index is 13.2. The molecule has 1 amide bonds. The van der Waals surface area contributed by atoms with Crippen LogP contribution < -0.4 is 10.1 Å². The SMILES string of the molecule is COc1ccc(CCC(=O)NC2CCCc3c2cnn3-c2ccc(F)cc2)cc1. The third-order valence-electron chi connectivity index (χ3n) is 5.39. The number of carbonyl (C=O) groups is 1. The summed E-state index contributed by atoms with van der Waals surface area (Å²) in [5, 5.41) is 7.66. The van der Waals surface area contributed by atoms with Gasteiger partial charge in [-0.25, -0.2) is 9.07 Å². The van der Waals surface area contributed by atoms with Crippen molar-refractivity contribution >= 4 is 5.91 Å². The molecule has 6 heteroatoms. The Bertz CT molecular complexity index is 980. The van der Waals surface area contributed by atoms with Gasteiger partial charge >= 0.3 is 0 Å². The predicted octanol–water partition coefficient (Wildman–Crippen LogP) is 4.15. The second kappa shape index (κ2) is 8.47. The maximum absolute atomic E-state index is 13.2. The first-order valence-electron chi connectivity index (χ1n) is 9.89. The number of rotatable bonds is 6. The molecule has 29 heavy (non-hydrogen) atoms. The molecule has 1 unspecified atom stereocenters. The topological polar surface area (TPSA) is 56.1 Å². The van der Waals surface area contributed by atoms with Gasteiger partial charge in [0.25, 0.3) is 0 Å². The lowest BCUT2D eigenvalue weighted by Gasteiger charge is -2.24. The van der Waals surface area contributed by atoms with Gasteiger partial charge in [0.1, 0.15) is 11.6 Å². The van der Waals surface area contributed by atoms with E-state index in [-0.39, 0.29) is 17.8 Å². The van der Waals surface area contributed by atoms with E-state index in [1.54, 1.807) is 19.2 Å². The minimum Gasteiger partial charge on any atom is -0.497 e. The number of benzene rings is 2. The highest BCUT2D eigenvalue weighted by atomic mass is 19.1. The van der Waals surface area contributed by atoms with Crippen LogP contribution in [-0.4, -0.2) is 22.8 Å². The number of aryl methyl sites for hydroxylation is 1. The molecular formula is C23H24FN3O2. The maximum Gasteiger partial charge on any atom is 0.220 e. The summed E-state index contributed by atoms with van der Waals surface area (Å²) in [6, 6.07) is 14.1. The molecule has 1 aliphatic rings. The van der Waals surface area contributed by atoms with Gasteiger partial charge in [0.05, 0.1) is 25.0 Å². The van der Waals surface area contributed by atoms with Crippen molar-refractivity contribution in [1.29, 1.82) is 0 Å². The number of hydrogen-bond donors (Lipinski definition) is 1. The first-order chi connectivity index (χ1) is 14.1. The summed E-state index contributed by atoms with van der Waals surface area (Å²) in [6.45, 7) is 0. The van der Waals surface area contributed by atoms with E-state index >= 15 is 0 Å². The van der Waals surface area contributed by atoms with E-state index in [0.717, 1.165) is 47.5 Å². The summed E-state index contributed by atoms with van der Waals surface area (Å²) in [4.78, 5) is 12.5. The number of amides is 1. The zero-order valence-corrected chi connectivity index (χ0v) is 16.4. The van der Waals surface area contributed by atoms with Crippen LogP contribution in [0.2, 0.25) is 0 Å². The molecule has 0 spiro atoms. The molecule has 0 bridgehead atoms. The molecule has 0 radical (unpaired) electrons. The van der Waals surface area contributed by atoms with Crippen molar-refractivity contribution in [2.75, 3.05) is 7.11 Å². The van der Waals surface area contributed by atoms with Crippen molar-refractivity contribution in [3.8, 4) is 11.4 Å². The van der Waals surface area contributed by atoms with Crippen molar-refractivity contribution < 1.29 is 13.9 Å². The zero-order chi connectivity index (χ0) is 20.2. The van der Waals surface area contributed by atoms with Crippen molar-refractivity contribution in [3.05, 3.63) is 77.4 Å². The van der Waals surface area contributed by atoms with E-state index in [1.807, 2.05) is 35.1 Å². The van der Waals surface area contributed by atoms with Crippen molar-refractivity contribution in [1.82, 2.24) is 15.1 Å². The van der Waals surface area contributed by atoms with Crippen LogP contribution in [0.3, 0.4) is 0 Å². The summed E-state index contributed by atoms with van der Waals surface area (Å²) in [6.07, 6.45) is 5.71. The summed E-state index contributed by atoms with van der Waals surface area (Å²) in [7, 11) is 1.64. The Labute approximate surface area is 169 Å². The molecule has 5 nitrogen and oxygen atoms in total. The lowest BCUT2D eigenvalue weighted by Crippen LogP contribution is -2.31. The smallest absolute Gasteiger partial charge is 0.220 e. The van der Waals surface area contributed by atoms with Crippen LogP contribution in [0.25, 0.3) is 5.69 Å². The van der Waals surface area contributed by atoms with E-state index in [0.29, 0.717) is 12.8 Å². The predicted molar refractivity (Wildman–Crippen MR) is 109 cm³/mol. The number of nitrogens with one attached hydrogen (secondary N) is 1. The minimum atomic E-state index is -0.267. The Morgan fingerprint density at radius 3 is 2.69 bits per heavy atom. The Balaban J connectivity index is 1.41. The first-order valence-corrected chi connectivity index (χ1v) is 9.89. The molecule has 1 aromatic heterocycles. The summed E-state index contributed by atoms with van der Waals surface area (Å²) in [5.74, 6) is 0.580. The van der Waals surface area contributed by atoms with E-state index in [2.05, 4.69) is 10.4 Å². The van der Waals surface area contributed by atoms with Crippen LogP contribution in [0.5, 0.6) is 5.75 Å². The van der Waals surface area contributed by atoms with Crippen molar-refractivity contribution in [2.24, 2.45) is 0 Å². The Kier molecular flexibility index (Phi) is 5.60. The number of methoxy groups -OCH3 is 1. The molecule has 1 heterocycles. The second-order valence-corrected chi connectivity index (χ2v) is 7.30. The van der Waals surface area contributed by atoms with Gasteiger partial charge in [0.2, 0.25) is 5.91 Å². The Morgan fingerprint density at radius 2 is 1.97 bits per heavy atom. The molecule has 0 saturated heterocycles. The monoisotopic (exact) mass is 393 g/mol. The third kappa shape index (κ3) is 4.31. The van der Waals surface area contributed by atoms with Crippen LogP contribution in [0.15, 0.2) is 54.7 Å². The minimum absolute atomic E-state index is 0.0312. The van der Waals surface area contributed by atoms with Crippen LogP contribution in [0.4, 0.5) is 4.39 Å². The van der Waals surface area contributed by atoms with Crippen LogP contribution in [-0.2, 0) is 17.6 Å². The molecule has 2 aromatic carbocycles. The van der Waals surface area contributed by atoms with Gasteiger partial charge in [-0.05, 0) is 67.6 Å². The molecular weight excluding hydrogens is 369 g/mol. The highest BCUT2D eigenvalue weighted by Gasteiger charge is 2.26. The van der Waals surface area contributed by atoms with E-state index in [4.69, 9.17) is 4.74 Å². The van der Waals surface area contributed by atoms with Gasteiger partial charge in [-0.2, -0.15) is 5.10 Å². The van der Waals surface area contributed by atoms with Crippen LogP contribution >= 0.6 is 0 Å². The molecule has 4 rings (SSSR count). The Morgan fingerprint density at radius 1 is 1.21 bits per heavy atom. The highest BCUT2D eigenvalue weighted by Crippen LogP contribution is 2.31. The van der Waals surface area contributed by atoms with Crippen molar-refractivity contribution in [3.63, 3.8) is 0 Å². The van der Waals surface area contributed by atoms with Gasteiger partial charge in [0.15, 0.2) is 0 Å². The van der Waals surface area contributed by atoms with Gasteiger partial charge < -0.3 is 10.1 Å². The van der Waals surface area contributed by atoms with Crippen molar-refractivity contribution in [2.45, 2.75) is 38.1 Å². The molecule has 1 aliphatic carbocycles. The van der Waals surface area contributed by atoms with Gasteiger partial charge in [-0.15, -0.1) is 0 Å². The lowest BCUT2D eigenvalue weighted by molar-refractivity contribution is -0.121. The fourth-order valence-electron chi connectivity index (χ4n) is 3.83. The number of nitrogens with zero attached hydrogens (tertiary/aromatic N) is 2. The average molecular weight is 393 g/mol. The quantitative estimate of drug-likeness (QED) is 0.685. The van der Waals surface area contributed by atoms with E-state index < -0.39 is 0 Å². The third-order valence-corrected chi connectivity index (χ3v) is 5.39. The molecule has 0 saturated carbocycles. The molecule has 0 aliphatic heterocycles. The molecule has 0 fully saturated rings. The number of aromatic nitrogens is 2. The molecule has 1 N–H and O–H groups in total. The lowest BCUT2D eigenvalue weighted by atomic mass is 9.92. The van der Waals surface area contributed by atoms with Gasteiger partial charge in [-0.1, -0.05) is 12.1 Å².